The first kappa shape index (κ1) is 20.8. The van der Waals surface area contributed by atoms with Crippen LogP contribution < -0.4 is 5.32 Å². The van der Waals surface area contributed by atoms with Crippen molar-refractivity contribution in [1.82, 2.24) is 0 Å². The van der Waals surface area contributed by atoms with Crippen LogP contribution in [-0.4, -0.2) is 24.5 Å². The summed E-state index contributed by atoms with van der Waals surface area (Å²) in [7, 11) is -5.37. The number of nitrogens with one attached hydrogen (secondary N) is 1. The number of hydrogen-bond acceptors (Lipinski definition) is 5. The zero-order valence-electron chi connectivity index (χ0n) is 15.4. The molecule has 1 aliphatic rings. The predicted octanol–water partition coefficient (Wildman–Crippen LogP) is 4.47. The van der Waals surface area contributed by atoms with Crippen molar-refractivity contribution in [2.45, 2.75) is 11.1 Å². The Balaban J connectivity index is 2.13. The number of fused-ring (bicyclic) bond motifs is 2. The third-order valence-electron chi connectivity index (χ3n) is 4.78. The fraction of sp³-hybridized carbons (Fsp3) is 0.0476. The summed E-state index contributed by atoms with van der Waals surface area (Å²) in [5.74, 6) is -1.94. The van der Waals surface area contributed by atoms with Crippen molar-refractivity contribution < 1.29 is 35.7 Å². The molecule has 1 aliphatic carbocycles. The number of ketones is 2. The number of para-hydroxylation sites is 1. The van der Waals surface area contributed by atoms with E-state index in [4.69, 9.17) is 0 Å². The standard InChI is InChI=1S/C21H12F3NO5S/c22-21(23,24)15-10-14-16(19(27)13-9-5-4-8-12(13)18(14)26)20(31(28,29)30)17(15)25-11-6-2-1-3-7-11/h1-10,25H,(H,28,29,30). The van der Waals surface area contributed by atoms with Crippen LogP contribution in [0.1, 0.15) is 37.4 Å². The summed E-state index contributed by atoms with van der Waals surface area (Å²) in [6.07, 6.45) is -5.11. The second kappa shape index (κ2) is 7.03. The molecule has 0 aliphatic heterocycles. The van der Waals surface area contributed by atoms with Gasteiger partial charge in [-0.2, -0.15) is 21.6 Å². The minimum absolute atomic E-state index is 0.0767. The third-order valence-corrected chi connectivity index (χ3v) is 5.70. The molecule has 2 N–H and O–H groups in total. The molecule has 0 unspecified atom stereocenters. The van der Waals surface area contributed by atoms with Gasteiger partial charge in [-0.1, -0.05) is 42.5 Å². The van der Waals surface area contributed by atoms with Gasteiger partial charge in [0.25, 0.3) is 10.1 Å². The van der Waals surface area contributed by atoms with E-state index in [0.717, 1.165) is 0 Å². The molecule has 158 valence electrons. The minimum atomic E-state index is -5.37. The summed E-state index contributed by atoms with van der Waals surface area (Å²) in [6, 6.07) is 13.1. The highest BCUT2D eigenvalue weighted by molar-refractivity contribution is 7.86. The quantitative estimate of drug-likeness (QED) is 0.450. The third kappa shape index (κ3) is 3.49. The molecular formula is C21H12F3NO5S. The molecule has 3 aromatic rings. The molecule has 0 radical (unpaired) electrons. The smallest absolute Gasteiger partial charge is 0.354 e. The maximum Gasteiger partial charge on any atom is 0.418 e. The van der Waals surface area contributed by atoms with E-state index < -0.39 is 55.1 Å². The van der Waals surface area contributed by atoms with Gasteiger partial charge in [0, 0.05) is 22.4 Å². The van der Waals surface area contributed by atoms with E-state index in [9.17, 15) is 35.7 Å². The van der Waals surface area contributed by atoms with Crippen LogP contribution in [0.5, 0.6) is 0 Å². The van der Waals surface area contributed by atoms with Crippen molar-refractivity contribution in [2.24, 2.45) is 0 Å². The average Bonchev–Trinajstić information content (AvgIpc) is 2.70. The Morgan fingerprint density at radius 3 is 1.90 bits per heavy atom. The first-order valence-corrected chi connectivity index (χ1v) is 10.2. The number of anilines is 2. The lowest BCUT2D eigenvalue weighted by atomic mass is 9.82. The molecule has 0 amide bonds. The van der Waals surface area contributed by atoms with E-state index in [1.165, 1.54) is 48.5 Å². The van der Waals surface area contributed by atoms with Crippen LogP contribution in [0, 0.1) is 0 Å². The zero-order chi connectivity index (χ0) is 22.6. The number of benzene rings is 3. The fourth-order valence-electron chi connectivity index (χ4n) is 3.49. The summed E-state index contributed by atoms with van der Waals surface area (Å²) >= 11 is 0. The molecule has 0 heterocycles. The van der Waals surface area contributed by atoms with Crippen molar-refractivity contribution in [2.75, 3.05) is 5.32 Å². The number of hydrogen-bond donors (Lipinski definition) is 2. The van der Waals surface area contributed by atoms with Crippen LogP contribution in [0.3, 0.4) is 0 Å². The summed E-state index contributed by atoms with van der Waals surface area (Å²) in [6.45, 7) is 0. The Kier molecular flexibility index (Phi) is 4.71. The second-order valence-electron chi connectivity index (χ2n) is 6.72. The summed E-state index contributed by atoms with van der Waals surface area (Å²) in [5.41, 5.74) is -4.36. The lowest BCUT2D eigenvalue weighted by molar-refractivity contribution is -0.137. The molecule has 0 saturated carbocycles. The largest absolute Gasteiger partial charge is 0.418 e. The Hall–Kier alpha value is -3.50. The topological polar surface area (TPSA) is 101 Å². The van der Waals surface area contributed by atoms with Gasteiger partial charge >= 0.3 is 6.18 Å². The molecular weight excluding hydrogens is 435 g/mol. The Bertz CT molecular complexity index is 1350. The van der Waals surface area contributed by atoms with Gasteiger partial charge in [-0.15, -0.1) is 0 Å². The minimum Gasteiger partial charge on any atom is -0.354 e. The Labute approximate surface area is 174 Å². The van der Waals surface area contributed by atoms with Gasteiger partial charge in [-0.05, 0) is 18.2 Å². The van der Waals surface area contributed by atoms with Crippen LogP contribution in [0.15, 0.2) is 65.6 Å². The maximum atomic E-state index is 13.9. The molecule has 0 fully saturated rings. The SMILES string of the molecule is O=C1c2ccccc2C(=O)c2c1cc(C(F)(F)F)c(Nc1ccccc1)c2S(=O)(=O)O. The van der Waals surface area contributed by atoms with E-state index in [-0.39, 0.29) is 16.8 Å². The molecule has 31 heavy (non-hydrogen) atoms. The summed E-state index contributed by atoms with van der Waals surface area (Å²) in [4.78, 5) is 24.6. The van der Waals surface area contributed by atoms with Crippen LogP contribution in [0.25, 0.3) is 0 Å². The van der Waals surface area contributed by atoms with E-state index in [1.807, 2.05) is 0 Å². The van der Waals surface area contributed by atoms with E-state index >= 15 is 0 Å². The normalized spacial score (nSPS) is 13.5. The van der Waals surface area contributed by atoms with Gasteiger partial charge < -0.3 is 5.32 Å². The Morgan fingerprint density at radius 1 is 0.806 bits per heavy atom. The van der Waals surface area contributed by atoms with Gasteiger partial charge in [0.15, 0.2) is 11.6 Å². The van der Waals surface area contributed by atoms with Crippen LogP contribution in [-0.2, 0) is 16.3 Å². The van der Waals surface area contributed by atoms with Gasteiger partial charge in [0.2, 0.25) is 0 Å². The molecule has 0 aromatic heterocycles. The molecule has 6 nitrogen and oxygen atoms in total. The number of carbonyl (C=O) groups is 2. The molecule has 0 spiro atoms. The number of rotatable bonds is 3. The van der Waals surface area contributed by atoms with Crippen LogP contribution in [0.4, 0.5) is 24.5 Å². The molecule has 0 saturated heterocycles. The van der Waals surface area contributed by atoms with Gasteiger partial charge in [0.1, 0.15) is 4.90 Å². The maximum absolute atomic E-state index is 13.9. The van der Waals surface area contributed by atoms with Crippen molar-refractivity contribution in [1.29, 1.82) is 0 Å². The van der Waals surface area contributed by atoms with E-state index in [2.05, 4.69) is 5.32 Å². The molecule has 4 rings (SSSR count). The molecule has 10 heteroatoms. The fourth-order valence-corrected chi connectivity index (χ4v) is 4.37. The second-order valence-corrected chi connectivity index (χ2v) is 8.08. The number of halogens is 3. The number of carbonyl (C=O) groups excluding carboxylic acids is 2. The monoisotopic (exact) mass is 447 g/mol. The van der Waals surface area contributed by atoms with E-state index in [0.29, 0.717) is 6.07 Å². The molecule has 0 atom stereocenters. The van der Waals surface area contributed by atoms with Crippen molar-refractivity contribution in [3.05, 3.63) is 88.5 Å². The molecule has 0 bridgehead atoms. The first-order chi connectivity index (χ1) is 14.5. The predicted molar refractivity (Wildman–Crippen MR) is 104 cm³/mol. The van der Waals surface area contributed by atoms with Crippen LogP contribution in [0.2, 0.25) is 0 Å². The molecule has 3 aromatic carbocycles. The lowest BCUT2D eigenvalue weighted by Gasteiger charge is -2.25. The lowest BCUT2D eigenvalue weighted by Crippen LogP contribution is -2.26. The van der Waals surface area contributed by atoms with Crippen LogP contribution >= 0.6 is 0 Å². The average molecular weight is 447 g/mol. The van der Waals surface area contributed by atoms with E-state index in [1.54, 1.807) is 6.07 Å². The highest BCUT2D eigenvalue weighted by atomic mass is 32.2. The van der Waals surface area contributed by atoms with Crippen molar-refractivity contribution in [3.8, 4) is 0 Å². The zero-order valence-corrected chi connectivity index (χ0v) is 16.2. The Morgan fingerprint density at radius 2 is 1.35 bits per heavy atom. The highest BCUT2D eigenvalue weighted by Gasteiger charge is 2.43. The van der Waals surface area contributed by atoms with Crippen molar-refractivity contribution >= 4 is 33.1 Å². The number of alkyl halides is 3. The van der Waals surface area contributed by atoms with Gasteiger partial charge in [0.05, 0.1) is 16.8 Å². The first-order valence-electron chi connectivity index (χ1n) is 8.76. The van der Waals surface area contributed by atoms with Gasteiger partial charge in [-0.3, -0.25) is 14.1 Å². The summed E-state index contributed by atoms with van der Waals surface area (Å²) < 4.78 is 76.0. The van der Waals surface area contributed by atoms with Crippen molar-refractivity contribution in [3.63, 3.8) is 0 Å². The highest BCUT2D eigenvalue weighted by Crippen LogP contribution is 2.45. The summed E-state index contributed by atoms with van der Waals surface area (Å²) in [5, 5.41) is 2.34. The van der Waals surface area contributed by atoms with Gasteiger partial charge in [-0.25, -0.2) is 0 Å².